The Hall–Kier alpha value is -0.170. The van der Waals surface area contributed by atoms with Gasteiger partial charge in [-0.3, -0.25) is 0 Å². The standard InChI is InChI=1S/C10H23NO4S/c1-10(2)15-8-7-14-6-4-3-5-9-16(11,12)13/h10H,3-9H2,1-2H3,(H2,11,12,13). The van der Waals surface area contributed by atoms with Gasteiger partial charge in [-0.2, -0.15) is 0 Å². The Morgan fingerprint density at radius 1 is 1.06 bits per heavy atom. The van der Waals surface area contributed by atoms with Gasteiger partial charge in [0.2, 0.25) is 10.0 Å². The van der Waals surface area contributed by atoms with E-state index in [2.05, 4.69) is 0 Å². The average Bonchev–Trinajstić information content (AvgIpc) is 2.13. The van der Waals surface area contributed by atoms with Crippen LogP contribution in [-0.4, -0.2) is 40.1 Å². The lowest BCUT2D eigenvalue weighted by atomic mass is 10.3. The lowest BCUT2D eigenvalue weighted by Gasteiger charge is -2.07. The lowest BCUT2D eigenvalue weighted by Crippen LogP contribution is -2.16. The van der Waals surface area contributed by atoms with Crippen LogP contribution in [0.25, 0.3) is 0 Å². The van der Waals surface area contributed by atoms with Crippen molar-refractivity contribution >= 4 is 10.0 Å². The van der Waals surface area contributed by atoms with Gasteiger partial charge < -0.3 is 9.47 Å². The highest BCUT2D eigenvalue weighted by molar-refractivity contribution is 7.89. The van der Waals surface area contributed by atoms with Crippen LogP contribution in [-0.2, 0) is 19.5 Å². The van der Waals surface area contributed by atoms with Crippen LogP contribution in [0.5, 0.6) is 0 Å². The second-order valence-electron chi connectivity index (χ2n) is 3.96. The minimum Gasteiger partial charge on any atom is -0.379 e. The zero-order valence-corrected chi connectivity index (χ0v) is 11.0. The summed E-state index contributed by atoms with van der Waals surface area (Å²) in [5, 5.41) is 4.87. The van der Waals surface area contributed by atoms with Crippen LogP contribution in [0.3, 0.4) is 0 Å². The predicted octanol–water partition coefficient (Wildman–Crippen LogP) is 0.887. The maximum atomic E-state index is 10.6. The van der Waals surface area contributed by atoms with Crippen LogP contribution in [0, 0.1) is 0 Å². The summed E-state index contributed by atoms with van der Waals surface area (Å²) >= 11 is 0. The monoisotopic (exact) mass is 253 g/mol. The van der Waals surface area contributed by atoms with E-state index >= 15 is 0 Å². The summed E-state index contributed by atoms with van der Waals surface area (Å²) in [5.74, 6) is 0.0590. The van der Waals surface area contributed by atoms with Gasteiger partial charge in [0, 0.05) is 6.61 Å². The molecule has 0 bridgehead atoms. The first-order chi connectivity index (χ1) is 7.42. The van der Waals surface area contributed by atoms with E-state index in [0.717, 1.165) is 12.8 Å². The molecule has 0 saturated heterocycles. The highest BCUT2D eigenvalue weighted by Crippen LogP contribution is 1.98. The molecule has 0 aromatic carbocycles. The molecule has 0 aliphatic rings. The third-order valence-corrected chi connectivity index (χ3v) is 2.75. The Kier molecular flexibility index (Phi) is 8.83. The summed E-state index contributed by atoms with van der Waals surface area (Å²) in [7, 11) is -3.30. The van der Waals surface area contributed by atoms with Crippen LogP contribution in [0.2, 0.25) is 0 Å². The van der Waals surface area contributed by atoms with Crippen LogP contribution < -0.4 is 5.14 Å². The molecule has 5 nitrogen and oxygen atoms in total. The van der Waals surface area contributed by atoms with E-state index in [9.17, 15) is 8.42 Å². The molecule has 98 valence electrons. The molecule has 0 unspecified atom stereocenters. The van der Waals surface area contributed by atoms with Gasteiger partial charge in [-0.1, -0.05) is 6.42 Å². The Labute approximate surface area is 98.4 Å². The summed E-state index contributed by atoms with van der Waals surface area (Å²) in [4.78, 5) is 0. The first-order valence-corrected chi connectivity index (χ1v) is 7.33. The van der Waals surface area contributed by atoms with Crippen molar-refractivity contribution in [1.29, 1.82) is 0 Å². The highest BCUT2D eigenvalue weighted by atomic mass is 32.2. The summed E-state index contributed by atoms with van der Waals surface area (Å²) in [6, 6.07) is 0. The lowest BCUT2D eigenvalue weighted by molar-refractivity contribution is 0.0187. The van der Waals surface area contributed by atoms with Crippen molar-refractivity contribution in [3.63, 3.8) is 0 Å². The fourth-order valence-corrected chi connectivity index (χ4v) is 1.74. The van der Waals surface area contributed by atoms with Gasteiger partial charge in [0.25, 0.3) is 0 Å². The van der Waals surface area contributed by atoms with E-state index in [-0.39, 0.29) is 11.9 Å². The van der Waals surface area contributed by atoms with Gasteiger partial charge >= 0.3 is 0 Å². The molecule has 0 rings (SSSR count). The number of hydrogen-bond acceptors (Lipinski definition) is 4. The number of ether oxygens (including phenoxy) is 2. The smallest absolute Gasteiger partial charge is 0.209 e. The van der Waals surface area contributed by atoms with Gasteiger partial charge in [0.1, 0.15) is 0 Å². The van der Waals surface area contributed by atoms with Gasteiger partial charge in [-0.05, 0) is 26.7 Å². The molecule has 0 fully saturated rings. The number of hydrogen-bond donors (Lipinski definition) is 1. The molecular formula is C10H23NO4S. The summed E-state index contributed by atoms with van der Waals surface area (Å²) in [6.45, 7) is 5.80. The van der Waals surface area contributed by atoms with Crippen LogP contribution in [0.15, 0.2) is 0 Å². The van der Waals surface area contributed by atoms with E-state index in [1.54, 1.807) is 0 Å². The van der Waals surface area contributed by atoms with Gasteiger partial charge in [0.05, 0.1) is 25.1 Å². The van der Waals surface area contributed by atoms with Gasteiger partial charge in [-0.15, -0.1) is 0 Å². The van der Waals surface area contributed by atoms with Crippen molar-refractivity contribution in [3.05, 3.63) is 0 Å². The molecular weight excluding hydrogens is 230 g/mol. The van der Waals surface area contributed by atoms with Crippen LogP contribution in [0.1, 0.15) is 33.1 Å². The van der Waals surface area contributed by atoms with Crippen molar-refractivity contribution in [2.24, 2.45) is 5.14 Å². The molecule has 2 N–H and O–H groups in total. The maximum Gasteiger partial charge on any atom is 0.209 e. The topological polar surface area (TPSA) is 78.6 Å². The van der Waals surface area contributed by atoms with Crippen LogP contribution in [0.4, 0.5) is 0 Å². The summed E-state index contributed by atoms with van der Waals surface area (Å²) < 4.78 is 31.8. The zero-order chi connectivity index (χ0) is 12.4. The highest BCUT2D eigenvalue weighted by Gasteiger charge is 2.01. The molecule has 0 aliphatic carbocycles. The predicted molar refractivity (Wildman–Crippen MR) is 63.7 cm³/mol. The minimum atomic E-state index is -3.30. The molecule has 6 heteroatoms. The van der Waals surface area contributed by atoms with Crippen molar-refractivity contribution in [1.82, 2.24) is 0 Å². The van der Waals surface area contributed by atoms with Crippen molar-refractivity contribution < 1.29 is 17.9 Å². The number of nitrogens with two attached hydrogens (primary N) is 1. The van der Waals surface area contributed by atoms with Crippen molar-refractivity contribution in [2.75, 3.05) is 25.6 Å². The first kappa shape index (κ1) is 15.8. The fourth-order valence-electron chi connectivity index (χ4n) is 1.13. The molecule has 0 amide bonds. The third kappa shape index (κ3) is 13.8. The van der Waals surface area contributed by atoms with Crippen LogP contribution >= 0.6 is 0 Å². The molecule has 0 saturated carbocycles. The van der Waals surface area contributed by atoms with E-state index in [0.29, 0.717) is 26.2 Å². The molecule has 0 aliphatic heterocycles. The molecule has 0 heterocycles. The number of primary sulfonamides is 1. The Balaban J connectivity index is 3.10. The van der Waals surface area contributed by atoms with Crippen molar-refractivity contribution in [3.8, 4) is 0 Å². The Morgan fingerprint density at radius 2 is 1.75 bits per heavy atom. The normalized spacial score (nSPS) is 12.2. The Morgan fingerprint density at radius 3 is 2.31 bits per heavy atom. The van der Waals surface area contributed by atoms with E-state index in [1.165, 1.54) is 0 Å². The van der Waals surface area contributed by atoms with Crippen molar-refractivity contribution in [2.45, 2.75) is 39.2 Å². The zero-order valence-electron chi connectivity index (χ0n) is 10.1. The summed E-state index contributed by atoms with van der Waals surface area (Å²) in [6.07, 6.45) is 2.52. The molecule has 0 spiro atoms. The first-order valence-electron chi connectivity index (χ1n) is 5.61. The quantitative estimate of drug-likeness (QED) is 0.586. The Bertz CT molecular complexity index is 252. The van der Waals surface area contributed by atoms with E-state index in [1.807, 2.05) is 13.8 Å². The second-order valence-corrected chi connectivity index (χ2v) is 5.69. The summed E-state index contributed by atoms with van der Waals surface area (Å²) in [5.41, 5.74) is 0. The molecule has 0 radical (unpaired) electrons. The number of sulfonamides is 1. The fraction of sp³-hybridized carbons (Fsp3) is 1.00. The maximum absolute atomic E-state index is 10.6. The molecule has 0 aromatic heterocycles. The molecule has 0 aromatic rings. The molecule has 0 atom stereocenters. The third-order valence-electron chi connectivity index (χ3n) is 1.90. The number of unbranched alkanes of at least 4 members (excludes halogenated alkanes) is 2. The molecule has 16 heavy (non-hydrogen) atoms. The van der Waals surface area contributed by atoms with Gasteiger partial charge in [0.15, 0.2) is 0 Å². The van der Waals surface area contributed by atoms with Gasteiger partial charge in [-0.25, -0.2) is 13.6 Å². The van der Waals surface area contributed by atoms with E-state index < -0.39 is 10.0 Å². The SMILES string of the molecule is CC(C)OCCOCCCCCS(N)(=O)=O. The largest absolute Gasteiger partial charge is 0.379 e. The minimum absolute atomic E-state index is 0.0590. The number of rotatable bonds is 10. The average molecular weight is 253 g/mol. The second kappa shape index (κ2) is 8.92. The van der Waals surface area contributed by atoms with E-state index in [4.69, 9.17) is 14.6 Å².